The fraction of sp³-hybridized carbons (Fsp3) is 0.355. The Bertz CT molecular complexity index is 1250. The number of anilines is 1. The zero-order valence-electron chi connectivity index (χ0n) is 24.0. The Morgan fingerprint density at radius 2 is 1.69 bits per heavy atom. The van der Waals surface area contributed by atoms with Crippen molar-refractivity contribution in [3.8, 4) is 0 Å². The molecule has 0 radical (unpaired) electrons. The number of rotatable bonds is 9. The summed E-state index contributed by atoms with van der Waals surface area (Å²) in [4.78, 5) is 31.0. The van der Waals surface area contributed by atoms with E-state index in [2.05, 4.69) is 54.6 Å². The van der Waals surface area contributed by atoms with Gasteiger partial charge in [0.25, 0.3) is 5.91 Å². The Morgan fingerprint density at radius 1 is 1.00 bits per heavy atom. The molecule has 0 bridgehead atoms. The maximum Gasteiger partial charge on any atom is 0.255 e. The van der Waals surface area contributed by atoms with Crippen molar-refractivity contribution in [1.29, 1.82) is 0 Å². The molecule has 1 aromatic carbocycles. The van der Waals surface area contributed by atoms with Crippen LogP contribution in [0.15, 0.2) is 98.2 Å². The highest BCUT2D eigenvalue weighted by atomic mass is 16.1. The van der Waals surface area contributed by atoms with E-state index in [0.29, 0.717) is 5.57 Å². The molecular formula is C31H41N7O. The lowest BCUT2D eigenvalue weighted by Crippen LogP contribution is -2.43. The minimum absolute atomic E-state index is 0.167. The number of likely N-dealkylation sites (N-methyl/N-ethyl adjacent to an activating group) is 1. The van der Waals surface area contributed by atoms with Gasteiger partial charge >= 0.3 is 0 Å². The normalized spacial score (nSPS) is 20.2. The number of amides is 1. The highest BCUT2D eigenvalue weighted by molar-refractivity contribution is 6.51. The van der Waals surface area contributed by atoms with Gasteiger partial charge in [-0.25, -0.2) is 0 Å². The molecule has 2 N–H and O–H groups in total. The molecule has 1 saturated heterocycles. The van der Waals surface area contributed by atoms with Crippen LogP contribution in [0.1, 0.15) is 19.4 Å². The standard InChI is InChI=1S/C31H41N7O/c1-7-26(31(39)36-27-12-8-24(9-13-27)22-38-18-16-37(6)17-19-38)11-15-28(23(2)32-3)35-21-25-10-14-29(33-4)30(20-25)34-5/h7-15,20-21,32H,16-19,22H2,1-6H3,(H,36,39)/b15-11-,26-7+,28-23-,33-29?,34-30?,35-21?. The average molecular weight is 528 g/mol. The largest absolute Gasteiger partial charge is 0.390 e. The molecule has 1 fully saturated rings. The second kappa shape index (κ2) is 14.9. The summed E-state index contributed by atoms with van der Waals surface area (Å²) in [6.45, 7) is 9.09. The molecule has 0 saturated carbocycles. The smallest absolute Gasteiger partial charge is 0.255 e. The molecule has 39 heavy (non-hydrogen) atoms. The monoisotopic (exact) mass is 527 g/mol. The summed E-state index contributed by atoms with van der Waals surface area (Å²) in [6.07, 6.45) is 13.0. The van der Waals surface area contributed by atoms with Crippen molar-refractivity contribution in [3.05, 3.63) is 88.8 Å². The van der Waals surface area contributed by atoms with Gasteiger partial charge in [-0.1, -0.05) is 24.3 Å². The lowest BCUT2D eigenvalue weighted by Gasteiger charge is -2.32. The lowest BCUT2D eigenvalue weighted by molar-refractivity contribution is -0.112. The van der Waals surface area contributed by atoms with Gasteiger partial charge in [0.15, 0.2) is 0 Å². The van der Waals surface area contributed by atoms with Gasteiger partial charge in [-0.15, -0.1) is 0 Å². The summed E-state index contributed by atoms with van der Waals surface area (Å²) in [5.74, 6) is -0.167. The van der Waals surface area contributed by atoms with Crippen molar-refractivity contribution in [1.82, 2.24) is 15.1 Å². The van der Waals surface area contributed by atoms with E-state index >= 15 is 0 Å². The van der Waals surface area contributed by atoms with Gasteiger partial charge < -0.3 is 15.5 Å². The Kier molecular flexibility index (Phi) is 11.3. The topological polar surface area (TPSA) is 84.7 Å². The second-order valence-corrected chi connectivity index (χ2v) is 9.52. The minimum atomic E-state index is -0.167. The fourth-order valence-corrected chi connectivity index (χ4v) is 4.16. The van der Waals surface area contributed by atoms with Crippen LogP contribution < -0.4 is 10.6 Å². The van der Waals surface area contributed by atoms with Crippen LogP contribution in [-0.2, 0) is 11.3 Å². The summed E-state index contributed by atoms with van der Waals surface area (Å²) in [5, 5.41) is 6.15. The zero-order valence-corrected chi connectivity index (χ0v) is 24.0. The zero-order chi connectivity index (χ0) is 28.2. The molecule has 0 aromatic heterocycles. The van der Waals surface area contributed by atoms with Crippen LogP contribution in [0, 0.1) is 0 Å². The summed E-state index contributed by atoms with van der Waals surface area (Å²) in [6, 6.07) is 8.11. The SMILES string of the molecule is C\C=C(/C=C\C(N=CC1=CC(=NC)C(=NC)C=C1)=C(/C)NC)C(=O)Nc1ccc(CN2CCN(C)CC2)cc1. The Labute approximate surface area is 233 Å². The van der Waals surface area contributed by atoms with Crippen LogP contribution in [-0.4, -0.2) is 87.7 Å². The molecule has 1 aliphatic carbocycles. The third-order valence-corrected chi connectivity index (χ3v) is 6.80. The maximum absolute atomic E-state index is 13.0. The summed E-state index contributed by atoms with van der Waals surface area (Å²) >= 11 is 0. The first-order chi connectivity index (χ1) is 18.9. The number of carbonyl (C=O) groups excluding carboxylic acids is 1. The molecular weight excluding hydrogens is 486 g/mol. The van der Waals surface area contributed by atoms with Crippen molar-refractivity contribution in [3.63, 3.8) is 0 Å². The molecule has 1 heterocycles. The molecule has 8 heteroatoms. The number of nitrogens with one attached hydrogen (secondary N) is 2. The third-order valence-electron chi connectivity index (χ3n) is 6.80. The highest BCUT2D eigenvalue weighted by Gasteiger charge is 2.14. The van der Waals surface area contributed by atoms with Crippen molar-refractivity contribution >= 4 is 29.2 Å². The van der Waals surface area contributed by atoms with Crippen LogP contribution in [0.2, 0.25) is 0 Å². The van der Waals surface area contributed by atoms with E-state index in [9.17, 15) is 4.79 Å². The molecule has 8 nitrogen and oxygen atoms in total. The minimum Gasteiger partial charge on any atom is -0.390 e. The number of piperazine rings is 1. The molecule has 0 spiro atoms. The summed E-state index contributed by atoms with van der Waals surface area (Å²) in [5.41, 5.74) is 6.74. The number of carbonyl (C=O) groups is 1. The quantitative estimate of drug-likeness (QED) is 0.220. The van der Waals surface area contributed by atoms with Crippen LogP contribution in [0.5, 0.6) is 0 Å². The van der Waals surface area contributed by atoms with Crippen LogP contribution in [0.25, 0.3) is 0 Å². The molecule has 206 valence electrons. The number of hydrogen-bond donors (Lipinski definition) is 2. The first kappa shape index (κ1) is 29.7. The molecule has 2 aliphatic rings. The summed E-state index contributed by atoms with van der Waals surface area (Å²) < 4.78 is 0. The van der Waals surface area contributed by atoms with Gasteiger partial charge in [-0.3, -0.25) is 24.7 Å². The van der Waals surface area contributed by atoms with Crippen LogP contribution >= 0.6 is 0 Å². The van der Waals surface area contributed by atoms with E-state index in [1.165, 1.54) is 5.56 Å². The van der Waals surface area contributed by atoms with E-state index < -0.39 is 0 Å². The molecule has 1 aromatic rings. The van der Waals surface area contributed by atoms with Gasteiger partial charge in [0, 0.05) is 77.0 Å². The highest BCUT2D eigenvalue weighted by Crippen LogP contribution is 2.15. The van der Waals surface area contributed by atoms with Gasteiger partial charge in [-0.05, 0) is 68.5 Å². The van der Waals surface area contributed by atoms with Crippen molar-refractivity contribution in [2.45, 2.75) is 20.4 Å². The molecule has 1 aliphatic heterocycles. The van der Waals surface area contributed by atoms with Gasteiger partial charge in [0.1, 0.15) is 0 Å². The summed E-state index contributed by atoms with van der Waals surface area (Å²) in [7, 11) is 7.51. The molecule has 1 amide bonds. The van der Waals surface area contributed by atoms with E-state index in [1.807, 2.05) is 57.3 Å². The molecule has 0 unspecified atom stereocenters. The predicted octanol–water partition coefficient (Wildman–Crippen LogP) is 4.03. The Morgan fingerprint density at radius 3 is 2.31 bits per heavy atom. The van der Waals surface area contributed by atoms with Crippen molar-refractivity contribution in [2.75, 3.05) is 59.7 Å². The van der Waals surface area contributed by atoms with Crippen molar-refractivity contribution < 1.29 is 4.79 Å². The number of allylic oxidation sites excluding steroid dienone is 7. The number of hydrogen-bond acceptors (Lipinski definition) is 7. The first-order valence-electron chi connectivity index (χ1n) is 13.3. The maximum atomic E-state index is 13.0. The predicted molar refractivity (Wildman–Crippen MR) is 165 cm³/mol. The van der Waals surface area contributed by atoms with E-state index in [1.54, 1.807) is 32.5 Å². The van der Waals surface area contributed by atoms with E-state index in [4.69, 9.17) is 0 Å². The average Bonchev–Trinajstić information content (AvgIpc) is 2.96. The number of benzene rings is 1. The Hall–Kier alpha value is -3.88. The van der Waals surface area contributed by atoms with E-state index in [-0.39, 0.29) is 5.91 Å². The van der Waals surface area contributed by atoms with Gasteiger partial charge in [-0.2, -0.15) is 0 Å². The first-order valence-corrected chi connectivity index (χ1v) is 13.3. The lowest BCUT2D eigenvalue weighted by atomic mass is 10.0. The third kappa shape index (κ3) is 8.84. The number of aliphatic imine (C=N–C) groups is 3. The van der Waals surface area contributed by atoms with Crippen molar-refractivity contribution in [2.24, 2.45) is 15.0 Å². The number of nitrogens with zero attached hydrogens (tertiary/aromatic N) is 5. The van der Waals surface area contributed by atoms with Crippen LogP contribution in [0.3, 0.4) is 0 Å². The fourth-order valence-electron chi connectivity index (χ4n) is 4.16. The van der Waals surface area contributed by atoms with Gasteiger partial charge in [0.05, 0.1) is 17.1 Å². The molecule has 3 rings (SSSR count). The van der Waals surface area contributed by atoms with Crippen LogP contribution in [0.4, 0.5) is 5.69 Å². The van der Waals surface area contributed by atoms with E-state index in [0.717, 1.165) is 66.8 Å². The Balaban J connectivity index is 1.64. The van der Waals surface area contributed by atoms with Gasteiger partial charge in [0.2, 0.25) is 0 Å². The second-order valence-electron chi connectivity index (χ2n) is 9.52. The molecule has 0 atom stereocenters.